The van der Waals surface area contributed by atoms with Crippen LogP contribution in [-0.2, 0) is 30.9 Å². The number of hydrogen-bond acceptors (Lipinski definition) is 7. The summed E-state index contributed by atoms with van der Waals surface area (Å²) in [6.45, 7) is -0.149. The van der Waals surface area contributed by atoms with E-state index in [-0.39, 0.29) is 29.7 Å². The van der Waals surface area contributed by atoms with Gasteiger partial charge >= 0.3 is 0 Å². The highest BCUT2D eigenvalue weighted by atomic mass is 32.2. The first-order valence-corrected chi connectivity index (χ1v) is 14.2. The van der Waals surface area contributed by atoms with Gasteiger partial charge in [0.25, 0.3) is 15.9 Å². The summed E-state index contributed by atoms with van der Waals surface area (Å²) in [7, 11) is -4.27. The molecule has 1 aromatic heterocycles. The minimum Gasteiger partial charge on any atom is -0.376 e. The Morgan fingerprint density at radius 3 is 2.50 bits per heavy atom. The molecule has 3 heterocycles. The first-order chi connectivity index (χ1) is 19.3. The summed E-state index contributed by atoms with van der Waals surface area (Å²) >= 11 is 0. The number of amides is 3. The number of aromatic nitrogens is 1. The third-order valence-electron chi connectivity index (χ3n) is 6.89. The fourth-order valence-corrected chi connectivity index (χ4v) is 6.36. The van der Waals surface area contributed by atoms with Gasteiger partial charge in [-0.25, -0.2) is 17.1 Å². The fraction of sp³-hybridized carbons (Fsp3) is 0.286. The van der Waals surface area contributed by atoms with Crippen LogP contribution in [0.2, 0.25) is 0 Å². The maximum Gasteiger partial charge on any atom is 0.269 e. The van der Waals surface area contributed by atoms with Crippen molar-refractivity contribution in [2.24, 2.45) is 0 Å². The Labute approximate surface area is 230 Å². The Bertz CT molecular complexity index is 1510. The maximum absolute atomic E-state index is 13.9. The summed E-state index contributed by atoms with van der Waals surface area (Å²) in [5.74, 6) is -2.61. The van der Waals surface area contributed by atoms with Crippen LogP contribution >= 0.6 is 0 Å². The number of nitrogens with zero attached hydrogens (tertiary/aromatic N) is 3. The highest BCUT2D eigenvalue weighted by molar-refractivity contribution is 7.90. The molecule has 10 nitrogen and oxygen atoms in total. The van der Waals surface area contributed by atoms with Gasteiger partial charge in [0.05, 0.1) is 11.7 Å². The average molecular weight is 567 g/mol. The summed E-state index contributed by atoms with van der Waals surface area (Å²) in [6, 6.07) is 13.1. The SMILES string of the molecule is O=C(NC[C@H]1CCCO1)[C@H](c1ccncc1)N(Cc1ccc(F)cc1)C(=O)CN1C(=O)c2ccccc2S1(=O)=O. The monoisotopic (exact) mass is 566 g/mol. The van der Waals surface area contributed by atoms with Gasteiger partial charge in [-0.3, -0.25) is 19.4 Å². The van der Waals surface area contributed by atoms with Gasteiger partial charge in [0.1, 0.15) is 23.3 Å². The third kappa shape index (κ3) is 5.58. The normalized spacial score (nSPS) is 18.3. The number of nitrogens with one attached hydrogen (secondary N) is 1. The second kappa shape index (κ2) is 11.5. The van der Waals surface area contributed by atoms with E-state index < -0.39 is 46.1 Å². The highest BCUT2D eigenvalue weighted by Gasteiger charge is 2.43. The Morgan fingerprint density at radius 2 is 1.82 bits per heavy atom. The second-order valence-electron chi connectivity index (χ2n) is 9.52. The maximum atomic E-state index is 13.9. The van der Waals surface area contributed by atoms with E-state index in [1.165, 1.54) is 65.8 Å². The molecule has 2 atom stereocenters. The zero-order valence-corrected chi connectivity index (χ0v) is 22.2. The minimum atomic E-state index is -4.27. The van der Waals surface area contributed by atoms with E-state index in [0.29, 0.717) is 22.0 Å². The van der Waals surface area contributed by atoms with E-state index in [2.05, 4.69) is 10.3 Å². The van der Waals surface area contributed by atoms with Crippen molar-refractivity contribution in [3.63, 3.8) is 0 Å². The number of fused-ring (bicyclic) bond motifs is 1. The summed E-state index contributed by atoms with van der Waals surface area (Å²) in [5, 5.41) is 2.85. The van der Waals surface area contributed by atoms with E-state index in [4.69, 9.17) is 4.74 Å². The lowest BCUT2D eigenvalue weighted by Crippen LogP contribution is -2.48. The highest BCUT2D eigenvalue weighted by Crippen LogP contribution is 2.31. The molecule has 0 bridgehead atoms. The average Bonchev–Trinajstić information content (AvgIpc) is 3.55. The number of ether oxygens (including phenoxy) is 1. The van der Waals surface area contributed by atoms with Gasteiger partial charge in [-0.2, -0.15) is 0 Å². The van der Waals surface area contributed by atoms with Crippen LogP contribution < -0.4 is 5.32 Å². The molecule has 3 aromatic rings. The van der Waals surface area contributed by atoms with Gasteiger partial charge in [-0.05, 0) is 60.4 Å². The van der Waals surface area contributed by atoms with Crippen molar-refractivity contribution in [3.05, 3.63) is 95.6 Å². The van der Waals surface area contributed by atoms with Crippen LogP contribution in [0.3, 0.4) is 0 Å². The Morgan fingerprint density at radius 1 is 1.10 bits per heavy atom. The number of halogens is 1. The van der Waals surface area contributed by atoms with Crippen molar-refractivity contribution in [3.8, 4) is 0 Å². The summed E-state index contributed by atoms with van der Waals surface area (Å²) in [4.78, 5) is 45.6. The predicted octanol–water partition coefficient (Wildman–Crippen LogP) is 2.43. The van der Waals surface area contributed by atoms with Crippen molar-refractivity contribution in [1.29, 1.82) is 0 Å². The summed E-state index contributed by atoms with van der Waals surface area (Å²) in [5.41, 5.74) is 0.897. The molecule has 1 fully saturated rings. The molecule has 0 unspecified atom stereocenters. The smallest absolute Gasteiger partial charge is 0.269 e. The minimum absolute atomic E-state index is 0.0274. The molecule has 1 N–H and O–H groups in total. The number of carbonyl (C=O) groups is 3. The topological polar surface area (TPSA) is 126 Å². The van der Waals surface area contributed by atoms with E-state index in [1.807, 2.05) is 0 Å². The van der Waals surface area contributed by atoms with Gasteiger partial charge in [0.15, 0.2) is 0 Å². The second-order valence-corrected chi connectivity index (χ2v) is 11.4. The molecule has 1 saturated heterocycles. The van der Waals surface area contributed by atoms with Gasteiger partial charge in [0, 0.05) is 32.1 Å². The Kier molecular flexibility index (Phi) is 7.90. The lowest BCUT2D eigenvalue weighted by molar-refractivity contribution is -0.141. The van der Waals surface area contributed by atoms with Crippen molar-refractivity contribution >= 4 is 27.7 Å². The molecule has 0 radical (unpaired) electrons. The van der Waals surface area contributed by atoms with Crippen molar-refractivity contribution in [1.82, 2.24) is 19.5 Å². The van der Waals surface area contributed by atoms with E-state index in [1.54, 1.807) is 12.1 Å². The molecule has 2 aromatic carbocycles. The molecular weight excluding hydrogens is 539 g/mol. The van der Waals surface area contributed by atoms with Crippen LogP contribution in [0.1, 0.15) is 40.4 Å². The molecule has 3 amide bonds. The van der Waals surface area contributed by atoms with Crippen molar-refractivity contribution in [2.75, 3.05) is 19.7 Å². The third-order valence-corrected chi connectivity index (χ3v) is 8.67. The van der Waals surface area contributed by atoms with E-state index in [9.17, 15) is 27.2 Å². The van der Waals surface area contributed by atoms with Gasteiger partial charge in [0.2, 0.25) is 11.8 Å². The largest absolute Gasteiger partial charge is 0.376 e. The van der Waals surface area contributed by atoms with Crippen LogP contribution in [0, 0.1) is 5.82 Å². The summed E-state index contributed by atoms with van der Waals surface area (Å²) < 4.78 is 46.1. The molecule has 5 rings (SSSR count). The van der Waals surface area contributed by atoms with E-state index >= 15 is 0 Å². The van der Waals surface area contributed by atoms with Crippen LogP contribution in [0.4, 0.5) is 4.39 Å². The number of pyridine rings is 1. The predicted molar refractivity (Wildman–Crippen MR) is 141 cm³/mol. The van der Waals surface area contributed by atoms with Crippen LogP contribution in [-0.4, -0.2) is 66.1 Å². The van der Waals surface area contributed by atoms with Crippen molar-refractivity contribution < 1.29 is 31.9 Å². The van der Waals surface area contributed by atoms with Crippen LogP contribution in [0.15, 0.2) is 78.0 Å². The standard InChI is InChI=1S/C28H27FN4O6S/c29-21-9-7-19(8-10-21)17-32(25(34)18-33-28(36)23-5-1-2-6-24(23)40(33,37)38)26(20-11-13-30-14-12-20)27(35)31-16-22-4-3-15-39-22/h1-2,5-14,22,26H,3-4,15-18H2,(H,31,35)/t22-,26+/m1/s1. The molecule has 2 aliphatic rings. The summed E-state index contributed by atoms with van der Waals surface area (Å²) in [6.07, 6.45) is 4.45. The van der Waals surface area contributed by atoms with Gasteiger partial charge < -0.3 is 15.0 Å². The first kappa shape index (κ1) is 27.4. The Balaban J connectivity index is 1.49. The van der Waals surface area contributed by atoms with Crippen molar-refractivity contribution in [2.45, 2.75) is 36.4 Å². The molecule has 40 heavy (non-hydrogen) atoms. The quantitative estimate of drug-likeness (QED) is 0.422. The molecule has 0 saturated carbocycles. The number of hydrogen-bond donors (Lipinski definition) is 1. The molecule has 2 aliphatic heterocycles. The lowest BCUT2D eigenvalue weighted by Gasteiger charge is -2.32. The van der Waals surface area contributed by atoms with Gasteiger partial charge in [-0.15, -0.1) is 0 Å². The number of carbonyl (C=O) groups excluding carboxylic acids is 3. The van der Waals surface area contributed by atoms with Crippen LogP contribution in [0.5, 0.6) is 0 Å². The fourth-order valence-electron chi connectivity index (χ4n) is 4.85. The molecule has 0 spiro atoms. The van der Waals surface area contributed by atoms with E-state index in [0.717, 1.165) is 12.8 Å². The Hall–Kier alpha value is -4.16. The van der Waals surface area contributed by atoms with Gasteiger partial charge in [-0.1, -0.05) is 24.3 Å². The zero-order chi connectivity index (χ0) is 28.3. The lowest BCUT2D eigenvalue weighted by atomic mass is 10.0. The number of sulfonamides is 1. The number of rotatable bonds is 9. The zero-order valence-electron chi connectivity index (χ0n) is 21.4. The molecule has 12 heteroatoms. The first-order valence-electron chi connectivity index (χ1n) is 12.7. The number of benzene rings is 2. The molecular formula is C28H27FN4O6S. The van der Waals surface area contributed by atoms with Crippen LogP contribution in [0.25, 0.3) is 0 Å². The molecule has 208 valence electrons. The molecule has 0 aliphatic carbocycles.